The van der Waals surface area contributed by atoms with E-state index in [1.165, 1.54) is 11.4 Å². The van der Waals surface area contributed by atoms with Crippen molar-refractivity contribution in [2.24, 2.45) is 5.41 Å². The molecule has 1 aliphatic carbocycles. The number of hydrogen-bond donors (Lipinski definition) is 1. The smallest absolute Gasteiger partial charge is 0.248 e. The number of nitrogens with one attached hydrogen (secondary N) is 1. The van der Waals surface area contributed by atoms with Crippen molar-refractivity contribution in [2.75, 3.05) is 5.43 Å². The van der Waals surface area contributed by atoms with E-state index in [0.29, 0.717) is 23.6 Å². The maximum atomic E-state index is 12.4. The Bertz CT molecular complexity index is 530. The minimum atomic E-state index is -0.122. The lowest BCUT2D eigenvalue weighted by molar-refractivity contribution is -0.152. The van der Waals surface area contributed by atoms with Crippen LogP contribution >= 0.6 is 11.6 Å². The van der Waals surface area contributed by atoms with Gasteiger partial charge in [-0.25, -0.2) is 0 Å². The summed E-state index contributed by atoms with van der Waals surface area (Å²) in [6.07, 6.45) is 6.42. The first kappa shape index (κ1) is 14.4. The normalized spacial score (nSPS) is 21.7. The molecular formula is C16H19ClN2O2. The largest absolute Gasteiger partial charge is 0.289 e. The molecular weight excluding hydrogens is 288 g/mol. The molecule has 0 atom stereocenters. The Hall–Kier alpha value is -1.55. The van der Waals surface area contributed by atoms with Crippen molar-refractivity contribution in [2.45, 2.75) is 44.9 Å². The number of hydrogen-bond acceptors (Lipinski definition) is 3. The Morgan fingerprint density at radius 2 is 1.52 bits per heavy atom. The van der Waals surface area contributed by atoms with Crippen LogP contribution in [0.1, 0.15) is 44.9 Å². The molecule has 3 rings (SSSR count). The van der Waals surface area contributed by atoms with Gasteiger partial charge in [0.1, 0.15) is 0 Å². The summed E-state index contributed by atoms with van der Waals surface area (Å²) in [4.78, 5) is 24.7. The van der Waals surface area contributed by atoms with Crippen LogP contribution < -0.4 is 5.43 Å². The summed E-state index contributed by atoms with van der Waals surface area (Å²) in [6, 6.07) is 6.97. The van der Waals surface area contributed by atoms with Crippen molar-refractivity contribution in [3.05, 3.63) is 29.3 Å². The number of hydrazine groups is 1. The number of piperidine rings is 1. The molecule has 0 radical (unpaired) electrons. The molecule has 1 aromatic carbocycles. The summed E-state index contributed by atoms with van der Waals surface area (Å²) in [7, 11) is 0. The molecule has 1 aromatic rings. The maximum absolute atomic E-state index is 12.4. The monoisotopic (exact) mass is 306 g/mol. The minimum Gasteiger partial charge on any atom is -0.289 e. The van der Waals surface area contributed by atoms with Gasteiger partial charge >= 0.3 is 0 Å². The molecule has 2 aliphatic rings. The van der Waals surface area contributed by atoms with Gasteiger partial charge in [0.25, 0.3) is 0 Å². The SMILES string of the molecule is O=C1CC2(CCCCC2)CC(=O)N1Nc1ccc(Cl)cc1. The molecule has 112 valence electrons. The van der Waals surface area contributed by atoms with Crippen molar-refractivity contribution >= 4 is 29.1 Å². The van der Waals surface area contributed by atoms with Gasteiger partial charge in [0.2, 0.25) is 11.8 Å². The van der Waals surface area contributed by atoms with Crippen LogP contribution in [0.3, 0.4) is 0 Å². The zero-order valence-corrected chi connectivity index (χ0v) is 12.7. The summed E-state index contributed by atoms with van der Waals surface area (Å²) in [6.45, 7) is 0. The van der Waals surface area contributed by atoms with Gasteiger partial charge in [0.05, 0.1) is 5.69 Å². The van der Waals surface area contributed by atoms with Crippen LogP contribution in [0, 0.1) is 5.41 Å². The van der Waals surface area contributed by atoms with Crippen LogP contribution in [0.15, 0.2) is 24.3 Å². The Labute approximate surface area is 129 Å². The van der Waals surface area contributed by atoms with Gasteiger partial charge in [-0.15, -0.1) is 0 Å². The number of carbonyl (C=O) groups excluding carboxylic acids is 2. The molecule has 1 N–H and O–H groups in total. The topological polar surface area (TPSA) is 49.4 Å². The van der Waals surface area contributed by atoms with Crippen LogP contribution in [0.5, 0.6) is 0 Å². The highest BCUT2D eigenvalue weighted by Crippen LogP contribution is 2.45. The number of rotatable bonds is 2. The van der Waals surface area contributed by atoms with Gasteiger partial charge in [-0.05, 0) is 42.5 Å². The van der Waals surface area contributed by atoms with Crippen LogP contribution in [-0.2, 0) is 9.59 Å². The number of imide groups is 1. The highest BCUT2D eigenvalue weighted by atomic mass is 35.5. The molecule has 2 fully saturated rings. The van der Waals surface area contributed by atoms with Crippen molar-refractivity contribution < 1.29 is 9.59 Å². The average Bonchev–Trinajstić information content (AvgIpc) is 2.46. The molecule has 1 saturated heterocycles. The predicted molar refractivity (Wildman–Crippen MR) is 81.7 cm³/mol. The van der Waals surface area contributed by atoms with E-state index < -0.39 is 0 Å². The standard InChI is InChI=1S/C16H19ClN2O2/c17-12-4-6-13(7-5-12)18-19-14(20)10-16(11-15(19)21)8-2-1-3-9-16/h4-7,18H,1-3,8-11H2. The fraction of sp³-hybridized carbons (Fsp3) is 0.500. The highest BCUT2D eigenvalue weighted by Gasteiger charge is 2.44. The lowest BCUT2D eigenvalue weighted by atomic mass is 9.68. The molecule has 1 saturated carbocycles. The third-order valence-corrected chi connectivity index (χ3v) is 4.80. The van der Waals surface area contributed by atoms with E-state index in [4.69, 9.17) is 11.6 Å². The summed E-state index contributed by atoms with van der Waals surface area (Å²) in [5, 5.41) is 1.79. The number of amides is 2. The molecule has 0 aromatic heterocycles. The third-order valence-electron chi connectivity index (χ3n) is 4.55. The minimum absolute atomic E-state index is 0.0788. The fourth-order valence-corrected chi connectivity index (χ4v) is 3.56. The van der Waals surface area contributed by atoms with E-state index in [9.17, 15) is 9.59 Å². The van der Waals surface area contributed by atoms with E-state index in [2.05, 4.69) is 5.43 Å². The van der Waals surface area contributed by atoms with Crippen LogP contribution in [0.2, 0.25) is 5.02 Å². The molecule has 1 aliphatic heterocycles. The Balaban J connectivity index is 1.71. The number of benzene rings is 1. The lowest BCUT2D eigenvalue weighted by Gasteiger charge is -2.42. The molecule has 2 amide bonds. The van der Waals surface area contributed by atoms with Crippen LogP contribution in [0.4, 0.5) is 5.69 Å². The number of halogens is 1. The number of carbonyl (C=O) groups is 2. The molecule has 1 heterocycles. The third kappa shape index (κ3) is 3.05. The molecule has 0 unspecified atom stereocenters. The summed E-state index contributed by atoms with van der Waals surface area (Å²) in [5.41, 5.74) is 3.52. The van der Waals surface area contributed by atoms with E-state index in [1.807, 2.05) is 0 Å². The first-order chi connectivity index (χ1) is 10.1. The fourth-order valence-electron chi connectivity index (χ4n) is 3.43. The van der Waals surface area contributed by atoms with Gasteiger partial charge in [-0.2, -0.15) is 5.01 Å². The van der Waals surface area contributed by atoms with E-state index in [-0.39, 0.29) is 17.2 Å². The summed E-state index contributed by atoms with van der Waals surface area (Å²) in [5.74, 6) is -0.244. The van der Waals surface area contributed by atoms with Gasteiger partial charge in [0.15, 0.2) is 0 Å². The summed E-state index contributed by atoms with van der Waals surface area (Å²) >= 11 is 5.83. The molecule has 4 nitrogen and oxygen atoms in total. The lowest BCUT2D eigenvalue weighted by Crippen LogP contribution is -2.51. The Morgan fingerprint density at radius 1 is 0.952 bits per heavy atom. The second kappa shape index (κ2) is 5.68. The van der Waals surface area contributed by atoms with Gasteiger partial charge in [-0.1, -0.05) is 30.9 Å². The van der Waals surface area contributed by atoms with E-state index in [1.54, 1.807) is 24.3 Å². The van der Waals surface area contributed by atoms with Gasteiger partial charge in [0, 0.05) is 17.9 Å². The second-order valence-corrected chi connectivity index (χ2v) is 6.59. The van der Waals surface area contributed by atoms with Crippen molar-refractivity contribution in [3.63, 3.8) is 0 Å². The predicted octanol–water partition coefficient (Wildman–Crippen LogP) is 3.77. The Morgan fingerprint density at radius 3 is 2.10 bits per heavy atom. The highest BCUT2D eigenvalue weighted by molar-refractivity contribution is 6.30. The van der Waals surface area contributed by atoms with Crippen LogP contribution in [0.25, 0.3) is 0 Å². The molecule has 5 heteroatoms. The first-order valence-electron chi connectivity index (χ1n) is 7.46. The number of anilines is 1. The van der Waals surface area contributed by atoms with Gasteiger partial charge < -0.3 is 0 Å². The molecule has 1 spiro atoms. The molecule has 0 bridgehead atoms. The number of nitrogens with zero attached hydrogens (tertiary/aromatic N) is 1. The summed E-state index contributed by atoms with van der Waals surface area (Å²) < 4.78 is 0. The van der Waals surface area contributed by atoms with Gasteiger partial charge in [-0.3, -0.25) is 15.0 Å². The van der Waals surface area contributed by atoms with E-state index >= 15 is 0 Å². The zero-order valence-electron chi connectivity index (χ0n) is 11.9. The molecule has 21 heavy (non-hydrogen) atoms. The van der Waals surface area contributed by atoms with Crippen molar-refractivity contribution in [3.8, 4) is 0 Å². The quantitative estimate of drug-likeness (QED) is 0.846. The first-order valence-corrected chi connectivity index (χ1v) is 7.84. The second-order valence-electron chi connectivity index (χ2n) is 6.16. The van der Waals surface area contributed by atoms with E-state index in [0.717, 1.165) is 25.7 Å². The Kier molecular flexibility index (Phi) is 3.89. The maximum Gasteiger partial charge on any atom is 0.248 e. The average molecular weight is 307 g/mol. The van der Waals surface area contributed by atoms with Crippen molar-refractivity contribution in [1.29, 1.82) is 0 Å². The van der Waals surface area contributed by atoms with Crippen LogP contribution in [-0.4, -0.2) is 16.8 Å². The zero-order chi connectivity index (χ0) is 14.9. The van der Waals surface area contributed by atoms with Crippen molar-refractivity contribution in [1.82, 2.24) is 5.01 Å².